The number of nitrogens with zero attached hydrogens (tertiary/aromatic N) is 4. The van der Waals surface area contributed by atoms with Gasteiger partial charge in [0.15, 0.2) is 0 Å². The van der Waals surface area contributed by atoms with Crippen molar-refractivity contribution in [2.75, 3.05) is 10.0 Å². The second-order valence-corrected chi connectivity index (χ2v) is 10.8. The molecule has 1 atom stereocenters. The molecule has 0 radical (unpaired) electrons. The van der Waals surface area contributed by atoms with E-state index in [1.807, 2.05) is 18.2 Å². The highest BCUT2D eigenvalue weighted by Crippen LogP contribution is 2.55. The molecular weight excluding hydrogens is 496 g/mol. The molecule has 5 aromatic carbocycles. The van der Waals surface area contributed by atoms with Gasteiger partial charge in [0.2, 0.25) is 4.99 Å². The van der Waals surface area contributed by atoms with Crippen molar-refractivity contribution in [3.05, 3.63) is 167 Å². The fourth-order valence-electron chi connectivity index (χ4n) is 5.19. The van der Waals surface area contributed by atoms with Crippen LogP contribution in [0, 0.1) is 6.92 Å². The van der Waals surface area contributed by atoms with Crippen LogP contribution in [-0.4, -0.2) is 10.8 Å². The highest BCUT2D eigenvalue weighted by atomic mass is 32.2. The minimum absolute atomic E-state index is 0.779. The van der Waals surface area contributed by atoms with Gasteiger partial charge in [0, 0.05) is 22.3 Å². The van der Waals surface area contributed by atoms with Crippen LogP contribution in [-0.2, 0) is 4.99 Å². The third kappa shape index (κ3) is 3.94. The molecule has 39 heavy (non-hydrogen) atoms. The van der Waals surface area contributed by atoms with Crippen LogP contribution in [0.25, 0.3) is 0 Å². The third-order valence-corrected chi connectivity index (χ3v) is 8.45. The largest absolute Gasteiger partial charge is 0.234 e. The second-order valence-electron chi connectivity index (χ2n) is 9.64. The lowest BCUT2D eigenvalue weighted by molar-refractivity contribution is 0.550. The molecule has 0 fully saturated rings. The first-order valence-corrected chi connectivity index (χ1v) is 13.8. The van der Waals surface area contributed by atoms with Crippen molar-refractivity contribution in [2.45, 2.75) is 11.9 Å². The topological polar surface area (TPSA) is 31.2 Å². The Morgan fingerprint density at radius 3 is 1.72 bits per heavy atom. The van der Waals surface area contributed by atoms with Crippen LogP contribution in [0.4, 0.5) is 11.4 Å². The maximum Gasteiger partial charge on any atom is 0.234 e. The molecule has 1 unspecified atom stereocenters. The first-order valence-electron chi connectivity index (χ1n) is 13.0. The highest BCUT2D eigenvalue weighted by molar-refractivity contribution is 8.15. The molecule has 0 saturated carbocycles. The summed E-state index contributed by atoms with van der Waals surface area (Å²) in [5.74, 6) is 0. The SMILES string of the molecule is Cc1ccc(C2=NN(c3ccccc3)C3(SC(c4ccccc4)=NN3c3ccccc3)c3ccccc32)cc1. The Morgan fingerprint density at radius 1 is 0.538 bits per heavy atom. The van der Waals surface area contributed by atoms with Gasteiger partial charge >= 0.3 is 0 Å². The zero-order valence-electron chi connectivity index (χ0n) is 21.5. The lowest BCUT2D eigenvalue weighted by Gasteiger charge is -2.47. The molecule has 4 nitrogen and oxygen atoms in total. The Kier molecular flexibility index (Phi) is 5.79. The summed E-state index contributed by atoms with van der Waals surface area (Å²) in [6, 6.07) is 48.5. The fraction of sp³-hybridized carbons (Fsp3) is 0.0588. The van der Waals surface area contributed by atoms with Gasteiger partial charge in [-0.2, -0.15) is 10.2 Å². The number of hydrogen-bond donors (Lipinski definition) is 0. The molecule has 188 valence electrons. The Hall–Kier alpha value is -4.61. The van der Waals surface area contributed by atoms with E-state index in [1.54, 1.807) is 11.8 Å². The third-order valence-electron chi connectivity index (χ3n) is 7.08. The van der Waals surface area contributed by atoms with Gasteiger partial charge in [-0.15, -0.1) is 0 Å². The molecule has 0 amide bonds. The number of hydrogen-bond acceptors (Lipinski definition) is 5. The average Bonchev–Trinajstić information content (AvgIpc) is 3.40. The van der Waals surface area contributed by atoms with Crippen molar-refractivity contribution in [3.8, 4) is 0 Å². The maximum absolute atomic E-state index is 5.45. The molecule has 0 N–H and O–H groups in total. The minimum atomic E-state index is -0.779. The minimum Gasteiger partial charge on any atom is -0.223 e. The van der Waals surface area contributed by atoms with E-state index < -0.39 is 4.99 Å². The van der Waals surface area contributed by atoms with Crippen LogP contribution >= 0.6 is 11.8 Å². The lowest BCUT2D eigenvalue weighted by atomic mass is 9.93. The van der Waals surface area contributed by atoms with E-state index in [1.165, 1.54) is 5.56 Å². The Balaban J connectivity index is 1.52. The van der Waals surface area contributed by atoms with Crippen molar-refractivity contribution in [3.63, 3.8) is 0 Å². The Bertz CT molecular complexity index is 1680. The predicted molar refractivity (Wildman–Crippen MR) is 163 cm³/mol. The number of benzene rings is 5. The number of thioether (sulfide) groups is 1. The quantitative estimate of drug-likeness (QED) is 0.240. The summed E-state index contributed by atoms with van der Waals surface area (Å²) >= 11 is 1.73. The number of rotatable bonds is 4. The van der Waals surface area contributed by atoms with Crippen molar-refractivity contribution in [1.82, 2.24) is 0 Å². The van der Waals surface area contributed by atoms with Crippen LogP contribution < -0.4 is 10.0 Å². The van der Waals surface area contributed by atoms with Crippen molar-refractivity contribution in [2.24, 2.45) is 10.2 Å². The number of aryl methyl sites for hydroxylation is 1. The molecule has 5 heteroatoms. The molecule has 5 aromatic rings. The molecule has 0 saturated heterocycles. The summed E-state index contributed by atoms with van der Waals surface area (Å²) in [6.07, 6.45) is 0. The van der Waals surface area contributed by atoms with Gasteiger partial charge in [-0.05, 0) is 43.0 Å². The average molecular weight is 523 g/mol. The van der Waals surface area contributed by atoms with E-state index in [0.717, 1.165) is 44.4 Å². The van der Waals surface area contributed by atoms with Crippen LogP contribution in [0.1, 0.15) is 27.8 Å². The van der Waals surface area contributed by atoms with Crippen molar-refractivity contribution >= 4 is 33.9 Å². The van der Waals surface area contributed by atoms with Gasteiger partial charge in [0.25, 0.3) is 0 Å². The number of anilines is 2. The summed E-state index contributed by atoms with van der Waals surface area (Å²) in [5.41, 5.74) is 8.58. The van der Waals surface area contributed by atoms with E-state index in [9.17, 15) is 0 Å². The number of hydrazone groups is 2. The monoisotopic (exact) mass is 522 g/mol. The van der Waals surface area contributed by atoms with E-state index >= 15 is 0 Å². The van der Waals surface area contributed by atoms with Gasteiger partial charge in [-0.25, -0.2) is 10.0 Å². The predicted octanol–water partition coefficient (Wildman–Crippen LogP) is 7.99. The summed E-state index contributed by atoms with van der Waals surface area (Å²) in [7, 11) is 0. The van der Waals surface area contributed by atoms with Crippen LogP contribution in [0.2, 0.25) is 0 Å². The number of fused-ring (bicyclic) bond motifs is 2. The van der Waals surface area contributed by atoms with Gasteiger partial charge in [-0.1, -0.05) is 121 Å². The number of para-hydroxylation sites is 2. The first-order chi connectivity index (χ1) is 19.2. The molecule has 0 aliphatic carbocycles. The summed E-state index contributed by atoms with van der Waals surface area (Å²) in [5, 5.41) is 16.0. The smallest absolute Gasteiger partial charge is 0.223 e. The van der Waals surface area contributed by atoms with Gasteiger partial charge in [-0.3, -0.25) is 0 Å². The summed E-state index contributed by atoms with van der Waals surface area (Å²) in [4.78, 5) is -0.779. The molecule has 2 heterocycles. The van der Waals surface area contributed by atoms with E-state index in [0.29, 0.717) is 0 Å². The zero-order chi connectivity index (χ0) is 26.2. The van der Waals surface area contributed by atoms with Crippen LogP contribution in [0.3, 0.4) is 0 Å². The van der Waals surface area contributed by atoms with E-state index in [2.05, 4.69) is 138 Å². The van der Waals surface area contributed by atoms with Gasteiger partial charge in [0.05, 0.1) is 17.1 Å². The Labute approximate surface area is 232 Å². The normalized spacial score (nSPS) is 18.1. The standard InChI is InChI=1S/C34H26N4S/c1-25-21-23-26(24-22-25)32-30-19-11-12-20-31(30)34(37(35-32)28-15-7-3-8-16-28)38(29-17-9-4-10-18-29)36-33(39-34)27-13-5-2-6-14-27/h2-24H,1H3. The Morgan fingerprint density at radius 2 is 1.08 bits per heavy atom. The highest BCUT2D eigenvalue weighted by Gasteiger charge is 2.55. The van der Waals surface area contributed by atoms with Gasteiger partial charge in [0.1, 0.15) is 5.04 Å². The first kappa shape index (κ1) is 23.5. The molecule has 1 spiro atoms. The molecule has 0 bridgehead atoms. The fourth-order valence-corrected chi connectivity index (χ4v) is 6.59. The van der Waals surface area contributed by atoms with E-state index in [-0.39, 0.29) is 0 Å². The second kappa shape index (κ2) is 9.61. The van der Waals surface area contributed by atoms with Crippen LogP contribution in [0.15, 0.2) is 150 Å². The molecule has 7 rings (SSSR count). The summed E-state index contributed by atoms with van der Waals surface area (Å²) in [6.45, 7) is 2.11. The molecule has 2 aliphatic heterocycles. The maximum atomic E-state index is 5.45. The molecule has 2 aliphatic rings. The molecular formula is C34H26N4S. The van der Waals surface area contributed by atoms with Gasteiger partial charge < -0.3 is 0 Å². The van der Waals surface area contributed by atoms with Crippen LogP contribution in [0.5, 0.6) is 0 Å². The van der Waals surface area contributed by atoms with Crippen molar-refractivity contribution in [1.29, 1.82) is 0 Å². The zero-order valence-corrected chi connectivity index (χ0v) is 22.3. The van der Waals surface area contributed by atoms with Crippen molar-refractivity contribution < 1.29 is 0 Å². The summed E-state index contributed by atoms with van der Waals surface area (Å²) < 4.78 is 0. The lowest BCUT2D eigenvalue weighted by Crippen LogP contribution is -2.54. The molecule has 0 aromatic heterocycles. The van der Waals surface area contributed by atoms with E-state index in [4.69, 9.17) is 10.2 Å².